The van der Waals surface area contributed by atoms with Gasteiger partial charge >= 0.3 is 12.1 Å². The van der Waals surface area contributed by atoms with E-state index in [1.54, 1.807) is 0 Å². The van der Waals surface area contributed by atoms with E-state index in [4.69, 9.17) is 5.73 Å². The fourth-order valence-electron chi connectivity index (χ4n) is 1.46. The first-order valence-corrected chi connectivity index (χ1v) is 5.34. The van der Waals surface area contributed by atoms with Crippen LogP contribution in [0.1, 0.15) is 30.0 Å². The zero-order valence-corrected chi connectivity index (χ0v) is 9.83. The molecule has 0 unspecified atom stereocenters. The van der Waals surface area contributed by atoms with Crippen molar-refractivity contribution in [2.75, 3.05) is 7.11 Å². The predicted molar refractivity (Wildman–Crippen MR) is 59.6 cm³/mol. The van der Waals surface area contributed by atoms with E-state index >= 15 is 0 Å². The molecule has 1 aromatic carbocycles. The van der Waals surface area contributed by atoms with Gasteiger partial charge in [0.05, 0.1) is 12.7 Å². The Morgan fingerprint density at radius 2 is 1.89 bits per heavy atom. The van der Waals surface area contributed by atoms with E-state index in [1.807, 2.05) is 0 Å². The summed E-state index contributed by atoms with van der Waals surface area (Å²) in [5.41, 5.74) is 5.61. The van der Waals surface area contributed by atoms with E-state index in [2.05, 4.69) is 4.74 Å². The Kier molecular flexibility index (Phi) is 4.72. The van der Waals surface area contributed by atoms with Gasteiger partial charge in [0.2, 0.25) is 0 Å². The van der Waals surface area contributed by atoms with Gasteiger partial charge in [-0.2, -0.15) is 13.2 Å². The van der Waals surface area contributed by atoms with Crippen molar-refractivity contribution in [2.45, 2.75) is 25.1 Å². The Balaban J connectivity index is 2.65. The average Bonchev–Trinajstić information content (AvgIpc) is 2.34. The monoisotopic (exact) mass is 261 g/mol. The largest absolute Gasteiger partial charge is 0.469 e. The molecule has 0 aliphatic carbocycles. The summed E-state index contributed by atoms with van der Waals surface area (Å²) in [4.78, 5) is 10.9. The third kappa shape index (κ3) is 4.03. The zero-order valence-electron chi connectivity index (χ0n) is 9.83. The van der Waals surface area contributed by atoms with Gasteiger partial charge in [0.25, 0.3) is 0 Å². The predicted octanol–water partition coefficient (Wildman–Crippen LogP) is 2.66. The molecule has 0 fully saturated rings. The number of carbonyl (C=O) groups excluding carboxylic acids is 1. The van der Waals surface area contributed by atoms with Crippen molar-refractivity contribution in [3.8, 4) is 0 Å². The molecule has 6 heteroatoms. The second kappa shape index (κ2) is 5.86. The second-order valence-corrected chi connectivity index (χ2v) is 3.84. The van der Waals surface area contributed by atoms with Gasteiger partial charge in [0, 0.05) is 12.5 Å². The molecular weight excluding hydrogens is 247 g/mol. The highest BCUT2D eigenvalue weighted by atomic mass is 19.4. The molecule has 0 heterocycles. The average molecular weight is 261 g/mol. The summed E-state index contributed by atoms with van der Waals surface area (Å²) in [7, 11) is 1.27. The van der Waals surface area contributed by atoms with Gasteiger partial charge in [-0.05, 0) is 24.1 Å². The molecule has 0 spiro atoms. The molecule has 0 radical (unpaired) electrons. The molecule has 0 saturated carbocycles. The quantitative estimate of drug-likeness (QED) is 0.848. The van der Waals surface area contributed by atoms with Gasteiger partial charge in [0.15, 0.2) is 0 Å². The first kappa shape index (κ1) is 14.5. The Morgan fingerprint density at radius 3 is 2.33 bits per heavy atom. The third-order valence-electron chi connectivity index (χ3n) is 2.55. The molecule has 0 saturated heterocycles. The van der Waals surface area contributed by atoms with Crippen LogP contribution in [0.25, 0.3) is 0 Å². The molecule has 0 aliphatic heterocycles. The number of halogens is 3. The molecule has 100 valence electrons. The lowest BCUT2D eigenvalue weighted by molar-refractivity contribution is -0.141. The van der Waals surface area contributed by atoms with Crippen LogP contribution in [0.2, 0.25) is 0 Å². The first-order valence-electron chi connectivity index (χ1n) is 5.34. The number of rotatable bonds is 4. The highest BCUT2D eigenvalue weighted by molar-refractivity contribution is 5.69. The van der Waals surface area contributed by atoms with E-state index in [1.165, 1.54) is 19.2 Å². The minimum atomic E-state index is -4.35. The summed E-state index contributed by atoms with van der Waals surface area (Å²) >= 11 is 0. The summed E-state index contributed by atoms with van der Waals surface area (Å²) in [6.07, 6.45) is -3.88. The molecule has 3 nitrogen and oxygen atoms in total. The van der Waals surface area contributed by atoms with Crippen molar-refractivity contribution in [1.29, 1.82) is 0 Å². The van der Waals surface area contributed by atoms with Crippen LogP contribution in [-0.4, -0.2) is 13.1 Å². The molecule has 2 N–H and O–H groups in total. The normalized spacial score (nSPS) is 13.2. The van der Waals surface area contributed by atoms with E-state index in [-0.39, 0.29) is 6.42 Å². The van der Waals surface area contributed by atoms with Gasteiger partial charge in [-0.25, -0.2) is 0 Å². The highest BCUT2D eigenvalue weighted by Gasteiger charge is 2.30. The van der Waals surface area contributed by atoms with Crippen LogP contribution >= 0.6 is 0 Å². The molecule has 1 aromatic rings. The van der Waals surface area contributed by atoms with E-state index in [0.717, 1.165) is 12.1 Å². The van der Waals surface area contributed by atoms with Crippen molar-refractivity contribution in [2.24, 2.45) is 5.73 Å². The Hall–Kier alpha value is -1.56. The summed E-state index contributed by atoms with van der Waals surface area (Å²) in [6.45, 7) is 0. The minimum Gasteiger partial charge on any atom is -0.469 e. The molecule has 1 rings (SSSR count). The van der Waals surface area contributed by atoms with Crippen LogP contribution in [0.4, 0.5) is 13.2 Å². The van der Waals surface area contributed by atoms with E-state index < -0.39 is 23.8 Å². The van der Waals surface area contributed by atoms with Gasteiger partial charge in [0.1, 0.15) is 0 Å². The summed E-state index contributed by atoms with van der Waals surface area (Å²) in [5.74, 6) is -0.391. The van der Waals surface area contributed by atoms with Crippen molar-refractivity contribution < 1.29 is 22.7 Å². The number of hydrogen-bond donors (Lipinski definition) is 1. The molecule has 0 bridgehead atoms. The van der Waals surface area contributed by atoms with Crippen LogP contribution in [0.3, 0.4) is 0 Å². The third-order valence-corrected chi connectivity index (χ3v) is 2.55. The van der Waals surface area contributed by atoms with E-state index in [0.29, 0.717) is 12.0 Å². The van der Waals surface area contributed by atoms with Crippen LogP contribution in [0.15, 0.2) is 24.3 Å². The smallest absolute Gasteiger partial charge is 0.416 e. The zero-order chi connectivity index (χ0) is 13.8. The second-order valence-electron chi connectivity index (χ2n) is 3.84. The fourth-order valence-corrected chi connectivity index (χ4v) is 1.46. The van der Waals surface area contributed by atoms with Crippen molar-refractivity contribution in [3.63, 3.8) is 0 Å². The summed E-state index contributed by atoms with van der Waals surface area (Å²) in [5, 5.41) is 0. The maximum Gasteiger partial charge on any atom is 0.416 e. The standard InChI is InChI=1S/C12H14F3NO2/c1-18-11(17)7-6-10(16)8-2-4-9(5-3-8)12(13,14)15/h2-5,10H,6-7,16H2,1H3/t10-/m0/s1. The number of ether oxygens (including phenoxy) is 1. The maximum absolute atomic E-state index is 12.3. The summed E-state index contributed by atoms with van der Waals surface area (Å²) < 4.78 is 41.4. The number of benzene rings is 1. The Labute approximate surface area is 103 Å². The van der Waals surface area contributed by atoms with Crippen molar-refractivity contribution in [1.82, 2.24) is 0 Å². The van der Waals surface area contributed by atoms with Gasteiger partial charge in [-0.3, -0.25) is 4.79 Å². The number of esters is 1. The van der Waals surface area contributed by atoms with Crippen LogP contribution in [-0.2, 0) is 15.7 Å². The number of alkyl halides is 3. The number of carbonyl (C=O) groups is 1. The van der Waals surface area contributed by atoms with Crippen molar-refractivity contribution >= 4 is 5.97 Å². The van der Waals surface area contributed by atoms with Gasteiger partial charge in [-0.1, -0.05) is 12.1 Å². The van der Waals surface area contributed by atoms with Gasteiger partial charge < -0.3 is 10.5 Å². The lowest BCUT2D eigenvalue weighted by Crippen LogP contribution is -2.13. The topological polar surface area (TPSA) is 52.3 Å². The molecular formula is C12H14F3NO2. The highest BCUT2D eigenvalue weighted by Crippen LogP contribution is 2.30. The first-order chi connectivity index (χ1) is 8.34. The lowest BCUT2D eigenvalue weighted by atomic mass is 10.0. The molecule has 0 aliphatic rings. The van der Waals surface area contributed by atoms with Crippen LogP contribution in [0, 0.1) is 0 Å². The van der Waals surface area contributed by atoms with Crippen molar-refractivity contribution in [3.05, 3.63) is 35.4 Å². The maximum atomic E-state index is 12.3. The minimum absolute atomic E-state index is 0.138. The van der Waals surface area contributed by atoms with Gasteiger partial charge in [-0.15, -0.1) is 0 Å². The van der Waals surface area contributed by atoms with Crippen LogP contribution < -0.4 is 5.73 Å². The Morgan fingerprint density at radius 1 is 1.33 bits per heavy atom. The summed E-state index contributed by atoms with van der Waals surface area (Å²) in [6, 6.07) is 4.13. The Bertz CT molecular complexity index is 401. The SMILES string of the molecule is COC(=O)CC[C@H](N)c1ccc(C(F)(F)F)cc1. The fraction of sp³-hybridized carbons (Fsp3) is 0.417. The number of methoxy groups -OCH3 is 1. The molecule has 18 heavy (non-hydrogen) atoms. The van der Waals surface area contributed by atoms with Crippen LogP contribution in [0.5, 0.6) is 0 Å². The number of nitrogens with two attached hydrogens (primary N) is 1. The molecule has 0 amide bonds. The number of hydrogen-bond acceptors (Lipinski definition) is 3. The lowest BCUT2D eigenvalue weighted by Gasteiger charge is -2.13. The van der Waals surface area contributed by atoms with E-state index in [9.17, 15) is 18.0 Å². The molecule has 0 aromatic heterocycles. The molecule has 1 atom stereocenters.